The summed E-state index contributed by atoms with van der Waals surface area (Å²) in [4.78, 5) is 223. The third-order valence-electron chi connectivity index (χ3n) is 15.5. The molecule has 3 aliphatic rings. The van der Waals surface area contributed by atoms with Crippen LogP contribution in [-0.4, -0.2) is 254 Å². The number of phenolic OH excluding ortho intramolecular Hbond substituents is 1. The Morgan fingerprint density at radius 3 is 1.94 bits per heavy atom. The third-order valence-corrected chi connectivity index (χ3v) is 20.4. The minimum atomic E-state index is -1.89. The lowest BCUT2D eigenvalue weighted by Crippen LogP contribution is -2.61. The number of hydrogen-bond acceptors (Lipinski definition) is 25. The maximum Gasteiger partial charge on any atom is 0.246 e. The van der Waals surface area contributed by atoms with Gasteiger partial charge in [0.05, 0.1) is 32.4 Å². The molecule has 3 aliphatic heterocycles. The number of hydrogen-bond donors (Lipinski definition) is 21. The van der Waals surface area contributed by atoms with Gasteiger partial charge >= 0.3 is 0 Å². The highest BCUT2D eigenvalue weighted by Gasteiger charge is 2.41. The zero-order chi connectivity index (χ0) is 74.3. The number of carbonyl (C=O) groups excluding carboxylic acids is 15. The number of aliphatic hydroxyl groups is 1. The number of benzene rings is 1. The average Bonchev–Trinajstić information content (AvgIpc) is 1.74. The number of amides is 15. The number of primary amides is 2. The van der Waals surface area contributed by atoms with Gasteiger partial charge in [-0.1, -0.05) is 55.3 Å². The number of unbranched alkanes of at least 4 members (excludes halogenated alkanes) is 1. The van der Waals surface area contributed by atoms with E-state index in [4.69, 9.17) is 34.4 Å². The highest BCUT2D eigenvalue weighted by atomic mass is 33.1. The monoisotopic (exact) mass is 1490 g/mol. The maximum atomic E-state index is 15.0. The molecule has 101 heavy (non-hydrogen) atoms. The zero-order valence-corrected chi connectivity index (χ0v) is 58.3. The number of aromatic nitrogens is 2. The lowest BCUT2D eigenvalue weighted by Gasteiger charge is -2.31. The van der Waals surface area contributed by atoms with Gasteiger partial charge in [0, 0.05) is 60.8 Å². The smallest absolute Gasteiger partial charge is 0.246 e. The number of nitrogens with one attached hydrogen (secondary N) is 13. The first-order valence-electron chi connectivity index (χ1n) is 31.9. The van der Waals surface area contributed by atoms with Gasteiger partial charge in [0.1, 0.15) is 78.3 Å². The molecule has 556 valence electrons. The van der Waals surface area contributed by atoms with E-state index in [2.05, 4.69) is 78.8 Å². The molecule has 2 bridgehead atoms. The van der Waals surface area contributed by atoms with Crippen LogP contribution in [0.5, 0.6) is 5.75 Å². The number of phenols is 1. The summed E-state index contributed by atoms with van der Waals surface area (Å²) in [6, 6.07) is -13.8. The van der Waals surface area contributed by atoms with Crippen molar-refractivity contribution in [1.82, 2.24) is 78.7 Å². The van der Waals surface area contributed by atoms with Crippen LogP contribution in [0.4, 0.5) is 0 Å². The summed E-state index contributed by atoms with van der Waals surface area (Å²) in [7, 11) is 3.36. The number of imidazole rings is 1. The van der Waals surface area contributed by atoms with Gasteiger partial charge in [-0.15, -0.1) is 0 Å². The van der Waals surface area contributed by atoms with E-state index in [1.54, 1.807) is 0 Å². The number of rotatable bonds is 20. The van der Waals surface area contributed by atoms with Crippen LogP contribution in [-0.2, 0) is 84.8 Å². The van der Waals surface area contributed by atoms with Crippen molar-refractivity contribution in [3.05, 3.63) is 48.0 Å². The van der Waals surface area contributed by atoms with Crippen LogP contribution in [0.25, 0.3) is 0 Å². The van der Waals surface area contributed by atoms with E-state index in [1.807, 2.05) is 0 Å². The van der Waals surface area contributed by atoms with E-state index in [1.165, 1.54) is 48.6 Å². The van der Waals surface area contributed by atoms with Crippen LogP contribution in [0.2, 0.25) is 0 Å². The number of aliphatic hydroxyl groups excluding tert-OH is 1. The normalized spacial score (nSPS) is 25.2. The van der Waals surface area contributed by atoms with Crippen LogP contribution < -0.4 is 98.2 Å². The van der Waals surface area contributed by atoms with E-state index >= 15 is 0 Å². The van der Waals surface area contributed by atoms with E-state index < -0.39 is 211 Å². The Hall–Kier alpha value is -9.17. The number of aromatic hydroxyl groups is 1. The quantitative estimate of drug-likeness (QED) is 0.0253. The van der Waals surface area contributed by atoms with Crippen LogP contribution in [0.1, 0.15) is 69.5 Å². The van der Waals surface area contributed by atoms with Crippen molar-refractivity contribution in [2.75, 3.05) is 62.3 Å². The van der Waals surface area contributed by atoms with Crippen molar-refractivity contribution in [2.24, 2.45) is 39.4 Å². The highest BCUT2D eigenvalue weighted by molar-refractivity contribution is 8.77. The summed E-state index contributed by atoms with van der Waals surface area (Å²) in [6.45, 7) is -1.15. The molecule has 43 heteroatoms. The standard InChI is InChI=1S/C58H88N22O17S4/c1-28-47(87)77-39-24-99-101-26-41(78-50(90)33(70-44(84)19-60)7-4-14-66-58(63)64)55(95)79-40(54(94)74-36(17-30-20-65-27-68-30)57(97)80-15-5-8-42(80)56(96)69-28)25-100-98-23-38(46(62)86)76-53(93)37(22-81)75-51(91)34(16-29-9-11-31(82)12-10-29)72-52(92)35(18-43(61)83)73-49(89)32(6-2-3-13-59)71-45(85)21-67-48(39)88/h9-12,20,27-28,32-42,81-82H,2-8,13-19,21-26,59-60H2,1H3,(H2,61,83)(H2,62,86)(H,65,68)(H,67,88)(H,69,96)(H,70,84)(H,71,85)(H,72,92)(H,73,89)(H,74,94)(H,75,91)(H,76,93)(H,77,87)(H,78,90)(H,79,95)(H4,63,64,66)/t28-,32-,33-,34?,35-,36-,37-,38?,39-,40-,41-,42-/m0/s1. The molecule has 5 rings (SSSR count). The lowest BCUT2D eigenvalue weighted by molar-refractivity contribution is -0.142. The van der Waals surface area contributed by atoms with Gasteiger partial charge in [-0.2, -0.15) is 0 Å². The predicted octanol–water partition coefficient (Wildman–Crippen LogP) is -9.36. The molecule has 3 fully saturated rings. The minimum Gasteiger partial charge on any atom is -0.508 e. The molecule has 1 aromatic carbocycles. The number of aromatic amines is 1. The molecule has 0 radical (unpaired) electrons. The second kappa shape index (κ2) is 42.2. The maximum absolute atomic E-state index is 15.0. The first-order chi connectivity index (χ1) is 48.1. The second-order valence-corrected chi connectivity index (χ2v) is 28.5. The SMILES string of the molecule is C[C@@H]1NC(=O)[C@@H]2CCCN2C(=O)[C@H](Cc2cnc[nH]2)NC(=O)[C@@H]2CSSCC(C(N)=O)NC(=O)[C@H](CO)NC(=O)C(Cc3ccc(O)cc3)NC(=O)[C@H](CC(N)=O)NC(=O)[C@H](CCCCN)NC(=O)CNC(=O)[C@H](CSSC[C@H](NC(=O)[C@H](CCCN=C(N)N)NC(=O)CN)C(=O)N2)NC1=O. The largest absolute Gasteiger partial charge is 0.508 e. The van der Waals surface area contributed by atoms with E-state index in [0.29, 0.717) is 17.7 Å². The Morgan fingerprint density at radius 1 is 0.673 bits per heavy atom. The van der Waals surface area contributed by atoms with Gasteiger partial charge in [0.15, 0.2) is 5.96 Å². The highest BCUT2D eigenvalue weighted by Crippen LogP contribution is 2.27. The molecular formula is C58H88N22O17S4. The number of nitrogens with two attached hydrogens (primary N) is 6. The van der Waals surface area contributed by atoms with E-state index in [9.17, 15) is 82.1 Å². The number of nitrogens with zero attached hydrogens (tertiary/aromatic N) is 3. The molecule has 4 heterocycles. The van der Waals surface area contributed by atoms with Crippen molar-refractivity contribution in [3.63, 3.8) is 0 Å². The topological polar surface area (TPSA) is 641 Å². The summed E-state index contributed by atoms with van der Waals surface area (Å²) in [5.41, 5.74) is 34.3. The van der Waals surface area contributed by atoms with Crippen LogP contribution >= 0.6 is 43.2 Å². The summed E-state index contributed by atoms with van der Waals surface area (Å²) in [5.74, 6) is -17.3. The molecule has 2 aromatic rings. The molecule has 15 amide bonds. The molecule has 2 unspecified atom stereocenters. The van der Waals surface area contributed by atoms with E-state index in [-0.39, 0.29) is 82.0 Å². The fourth-order valence-electron chi connectivity index (χ4n) is 10.1. The summed E-state index contributed by atoms with van der Waals surface area (Å²) in [6.07, 6.45) is 1.86. The summed E-state index contributed by atoms with van der Waals surface area (Å²) in [5, 5.41) is 50.4. The van der Waals surface area contributed by atoms with Gasteiger partial charge in [-0.25, -0.2) is 4.98 Å². The molecule has 27 N–H and O–H groups in total. The molecule has 3 saturated heterocycles. The Kier molecular flexibility index (Phi) is 34.4. The predicted molar refractivity (Wildman–Crippen MR) is 371 cm³/mol. The Morgan fingerprint density at radius 2 is 1.30 bits per heavy atom. The Bertz CT molecular complexity index is 3280. The van der Waals surface area contributed by atoms with Crippen LogP contribution in [0.15, 0.2) is 41.8 Å². The van der Waals surface area contributed by atoms with Crippen molar-refractivity contribution in [3.8, 4) is 5.75 Å². The van der Waals surface area contributed by atoms with Gasteiger partial charge in [-0.05, 0) is 76.1 Å². The zero-order valence-electron chi connectivity index (χ0n) is 55.0. The first-order valence-corrected chi connectivity index (χ1v) is 36.9. The molecular weight excluding hydrogens is 1410 g/mol. The number of carbonyl (C=O) groups is 15. The van der Waals surface area contributed by atoms with Crippen LogP contribution in [0.3, 0.4) is 0 Å². The van der Waals surface area contributed by atoms with Gasteiger partial charge in [0.25, 0.3) is 0 Å². The first kappa shape index (κ1) is 82.5. The summed E-state index contributed by atoms with van der Waals surface area (Å²) >= 11 is 0. The van der Waals surface area contributed by atoms with Gasteiger partial charge < -0.3 is 118 Å². The fourth-order valence-corrected chi connectivity index (χ4v) is 14.8. The molecule has 0 aliphatic carbocycles. The molecule has 12 atom stereocenters. The third kappa shape index (κ3) is 27.7. The number of guanidine groups is 1. The number of H-pyrrole nitrogens is 1. The van der Waals surface area contributed by atoms with E-state index in [0.717, 1.165) is 43.2 Å². The van der Waals surface area contributed by atoms with Crippen molar-refractivity contribution in [1.29, 1.82) is 0 Å². The molecule has 39 nitrogen and oxygen atoms in total. The lowest BCUT2D eigenvalue weighted by atomic mass is 10.0. The van der Waals surface area contributed by atoms with Crippen molar-refractivity contribution in [2.45, 2.75) is 144 Å². The van der Waals surface area contributed by atoms with Gasteiger partial charge in [0.2, 0.25) is 88.6 Å². The van der Waals surface area contributed by atoms with Crippen molar-refractivity contribution >= 4 is 138 Å². The average molecular weight is 1490 g/mol. The Labute approximate surface area is 594 Å². The molecule has 0 spiro atoms. The summed E-state index contributed by atoms with van der Waals surface area (Å²) < 4.78 is 0. The van der Waals surface area contributed by atoms with Gasteiger partial charge in [-0.3, -0.25) is 76.9 Å². The fraction of sp³-hybridized carbons (Fsp3) is 0.569. The molecule has 1 aromatic heterocycles. The second-order valence-electron chi connectivity index (χ2n) is 23.3. The van der Waals surface area contributed by atoms with Crippen molar-refractivity contribution < 1.29 is 82.1 Å². The number of aliphatic imine (C=N–C) groups is 1. The Balaban J connectivity index is 1.65. The van der Waals surface area contributed by atoms with Crippen LogP contribution in [0, 0.1) is 0 Å². The number of fused-ring (bicyclic) bond motifs is 9. The molecule has 0 saturated carbocycles. The minimum absolute atomic E-state index is 0.00309.